The zero-order valence-electron chi connectivity index (χ0n) is 14.2. The third-order valence-electron chi connectivity index (χ3n) is 4.03. The van der Waals surface area contributed by atoms with E-state index in [0.717, 1.165) is 33.7 Å². The third-order valence-corrected chi connectivity index (χ3v) is 4.03. The van der Waals surface area contributed by atoms with E-state index in [1.54, 1.807) is 12.1 Å². The molecule has 2 heteroatoms. The van der Waals surface area contributed by atoms with Crippen molar-refractivity contribution in [1.29, 1.82) is 0 Å². The normalized spacial score (nSPS) is 11.6. The zero-order chi connectivity index (χ0) is 17.1. The fraction of sp³-hybridized carbons (Fsp3) is 0.136. The molecule has 3 aromatic carbocycles. The lowest BCUT2D eigenvalue weighted by Crippen LogP contribution is -1.95. The number of rotatable bonds is 3. The molecule has 0 atom stereocenters. The van der Waals surface area contributed by atoms with Crippen molar-refractivity contribution in [3.8, 4) is 11.1 Å². The average molecular weight is 317 g/mol. The van der Waals surface area contributed by atoms with Gasteiger partial charge < -0.3 is 0 Å². The average Bonchev–Trinajstić information content (AvgIpc) is 2.56. The molecular weight excluding hydrogens is 297 g/mol. The summed E-state index contributed by atoms with van der Waals surface area (Å²) in [6.07, 6.45) is 0. The summed E-state index contributed by atoms with van der Waals surface area (Å²) in [6.45, 7) is 6.15. The molecule has 0 aliphatic heterocycles. The molecule has 120 valence electrons. The molecule has 0 spiro atoms. The van der Waals surface area contributed by atoms with Gasteiger partial charge in [0, 0.05) is 11.3 Å². The molecule has 0 saturated carbocycles. The van der Waals surface area contributed by atoms with Crippen molar-refractivity contribution in [1.82, 2.24) is 0 Å². The summed E-state index contributed by atoms with van der Waals surface area (Å²) in [5.74, 6) is -0.230. The van der Waals surface area contributed by atoms with Crippen LogP contribution < -0.4 is 0 Å². The summed E-state index contributed by atoms with van der Waals surface area (Å²) in [4.78, 5) is 4.85. The molecule has 0 bridgehead atoms. The van der Waals surface area contributed by atoms with Crippen LogP contribution in [0.1, 0.15) is 23.6 Å². The van der Waals surface area contributed by atoms with Gasteiger partial charge in [0.25, 0.3) is 0 Å². The molecule has 0 fully saturated rings. The van der Waals surface area contributed by atoms with Gasteiger partial charge in [-0.15, -0.1) is 0 Å². The Kier molecular flexibility index (Phi) is 4.57. The standard InChI is InChI=1S/C22H20FN/c1-15-5-4-6-19(13-15)17(3)24-22-14-16(2)7-12-21(22)18-8-10-20(23)11-9-18/h4-14H,1-3H3. The van der Waals surface area contributed by atoms with Crippen molar-refractivity contribution in [2.75, 3.05) is 0 Å². The number of aryl methyl sites for hydroxylation is 2. The Hall–Kier alpha value is -2.74. The number of hydrogen-bond donors (Lipinski definition) is 0. The highest BCUT2D eigenvalue weighted by Gasteiger charge is 2.07. The Bertz CT molecular complexity index is 892. The molecule has 1 nitrogen and oxygen atoms in total. The SMILES string of the molecule is CC(=Nc1cc(C)ccc1-c1ccc(F)cc1)c1cccc(C)c1. The Morgan fingerprint density at radius 3 is 2.25 bits per heavy atom. The van der Waals surface area contributed by atoms with Gasteiger partial charge in [-0.05, 0) is 55.7 Å². The quantitative estimate of drug-likeness (QED) is 0.506. The molecule has 0 aromatic heterocycles. The molecule has 0 radical (unpaired) electrons. The summed E-state index contributed by atoms with van der Waals surface area (Å²) in [5.41, 5.74) is 7.32. The molecule has 0 aliphatic carbocycles. The summed E-state index contributed by atoms with van der Waals surface area (Å²) in [5, 5.41) is 0. The van der Waals surface area contributed by atoms with Crippen molar-refractivity contribution in [3.05, 3.63) is 89.2 Å². The van der Waals surface area contributed by atoms with Crippen LogP contribution in [-0.2, 0) is 0 Å². The molecule has 0 N–H and O–H groups in total. The lowest BCUT2D eigenvalue weighted by Gasteiger charge is -2.09. The Morgan fingerprint density at radius 1 is 0.833 bits per heavy atom. The van der Waals surface area contributed by atoms with E-state index in [4.69, 9.17) is 4.99 Å². The minimum absolute atomic E-state index is 0.230. The van der Waals surface area contributed by atoms with Crippen LogP contribution in [0.4, 0.5) is 10.1 Å². The van der Waals surface area contributed by atoms with Gasteiger partial charge in [0.2, 0.25) is 0 Å². The number of halogens is 1. The first-order chi connectivity index (χ1) is 11.5. The fourth-order valence-electron chi connectivity index (χ4n) is 2.72. The zero-order valence-corrected chi connectivity index (χ0v) is 14.2. The minimum atomic E-state index is -0.230. The second kappa shape index (κ2) is 6.79. The van der Waals surface area contributed by atoms with E-state index in [9.17, 15) is 4.39 Å². The Balaban J connectivity index is 2.08. The van der Waals surface area contributed by atoms with Crippen LogP contribution in [0.15, 0.2) is 71.7 Å². The van der Waals surface area contributed by atoms with Crippen molar-refractivity contribution in [3.63, 3.8) is 0 Å². The van der Waals surface area contributed by atoms with Crippen molar-refractivity contribution in [2.24, 2.45) is 4.99 Å². The first-order valence-corrected chi connectivity index (χ1v) is 8.02. The van der Waals surface area contributed by atoms with E-state index in [1.807, 2.05) is 19.1 Å². The number of nitrogens with zero attached hydrogens (tertiary/aromatic N) is 1. The summed E-state index contributed by atoms with van der Waals surface area (Å²) in [6, 6.07) is 21.0. The van der Waals surface area contributed by atoms with Crippen LogP contribution in [-0.4, -0.2) is 5.71 Å². The smallest absolute Gasteiger partial charge is 0.123 e. The van der Waals surface area contributed by atoms with E-state index in [0.29, 0.717) is 0 Å². The van der Waals surface area contributed by atoms with Gasteiger partial charge in [-0.25, -0.2) is 4.39 Å². The van der Waals surface area contributed by atoms with Gasteiger partial charge >= 0.3 is 0 Å². The third kappa shape index (κ3) is 3.60. The minimum Gasteiger partial charge on any atom is -0.252 e. The molecule has 24 heavy (non-hydrogen) atoms. The first kappa shape index (κ1) is 16.1. The highest BCUT2D eigenvalue weighted by atomic mass is 19.1. The van der Waals surface area contributed by atoms with Crippen LogP contribution in [0.25, 0.3) is 11.1 Å². The lowest BCUT2D eigenvalue weighted by molar-refractivity contribution is 0.628. The first-order valence-electron chi connectivity index (χ1n) is 8.02. The molecule has 0 amide bonds. The molecule has 0 unspecified atom stereocenters. The van der Waals surface area contributed by atoms with Crippen molar-refractivity contribution >= 4 is 11.4 Å². The maximum atomic E-state index is 13.2. The second-order valence-electron chi connectivity index (χ2n) is 6.09. The van der Waals surface area contributed by atoms with Crippen LogP contribution in [0.5, 0.6) is 0 Å². The summed E-state index contributed by atoms with van der Waals surface area (Å²) >= 11 is 0. The Labute approximate surface area is 142 Å². The Morgan fingerprint density at radius 2 is 1.54 bits per heavy atom. The van der Waals surface area contributed by atoms with Gasteiger partial charge in [-0.2, -0.15) is 0 Å². The van der Waals surface area contributed by atoms with Crippen LogP contribution in [0, 0.1) is 19.7 Å². The van der Waals surface area contributed by atoms with Gasteiger partial charge in [0.1, 0.15) is 5.82 Å². The molecule has 0 saturated heterocycles. The highest BCUT2D eigenvalue weighted by Crippen LogP contribution is 2.32. The number of aliphatic imine (C=N–C) groups is 1. The van der Waals surface area contributed by atoms with E-state index < -0.39 is 0 Å². The van der Waals surface area contributed by atoms with E-state index >= 15 is 0 Å². The van der Waals surface area contributed by atoms with E-state index in [1.165, 1.54) is 17.7 Å². The topological polar surface area (TPSA) is 12.4 Å². The van der Waals surface area contributed by atoms with Gasteiger partial charge in [0.15, 0.2) is 0 Å². The van der Waals surface area contributed by atoms with E-state index in [2.05, 4.69) is 44.2 Å². The summed E-state index contributed by atoms with van der Waals surface area (Å²) in [7, 11) is 0. The summed E-state index contributed by atoms with van der Waals surface area (Å²) < 4.78 is 13.2. The van der Waals surface area contributed by atoms with Gasteiger partial charge in [-0.1, -0.05) is 54.1 Å². The predicted octanol–water partition coefficient (Wildman–Crippen LogP) is 6.25. The van der Waals surface area contributed by atoms with E-state index in [-0.39, 0.29) is 5.82 Å². The molecule has 0 heterocycles. The number of hydrogen-bond acceptors (Lipinski definition) is 1. The molecule has 3 rings (SSSR count). The molecular formula is C22H20FN. The maximum Gasteiger partial charge on any atom is 0.123 e. The predicted molar refractivity (Wildman–Crippen MR) is 99.6 cm³/mol. The van der Waals surface area contributed by atoms with Crippen LogP contribution in [0.3, 0.4) is 0 Å². The monoisotopic (exact) mass is 317 g/mol. The molecule has 3 aromatic rings. The second-order valence-corrected chi connectivity index (χ2v) is 6.09. The molecule has 0 aliphatic rings. The highest BCUT2D eigenvalue weighted by molar-refractivity contribution is 6.01. The largest absolute Gasteiger partial charge is 0.252 e. The van der Waals surface area contributed by atoms with Crippen molar-refractivity contribution in [2.45, 2.75) is 20.8 Å². The van der Waals surface area contributed by atoms with Gasteiger partial charge in [-0.3, -0.25) is 4.99 Å². The number of benzene rings is 3. The van der Waals surface area contributed by atoms with Crippen LogP contribution >= 0.6 is 0 Å². The fourth-order valence-corrected chi connectivity index (χ4v) is 2.72. The van der Waals surface area contributed by atoms with Crippen LogP contribution in [0.2, 0.25) is 0 Å². The van der Waals surface area contributed by atoms with Gasteiger partial charge in [0.05, 0.1) is 5.69 Å². The maximum absolute atomic E-state index is 13.2. The lowest BCUT2D eigenvalue weighted by atomic mass is 10.0. The van der Waals surface area contributed by atoms with Crippen molar-refractivity contribution < 1.29 is 4.39 Å².